The zero-order valence-corrected chi connectivity index (χ0v) is 11.5. The van der Waals surface area contributed by atoms with E-state index in [-0.39, 0.29) is 11.5 Å². The van der Waals surface area contributed by atoms with E-state index in [0.717, 1.165) is 25.7 Å². The monoisotopic (exact) mass is 238 g/mol. The third kappa shape index (κ3) is 2.17. The molecule has 4 atom stereocenters. The summed E-state index contributed by atoms with van der Waals surface area (Å²) in [6, 6.07) is 0. The lowest BCUT2D eigenvalue weighted by Crippen LogP contribution is -2.36. The molecule has 17 heavy (non-hydrogen) atoms. The van der Waals surface area contributed by atoms with Gasteiger partial charge >= 0.3 is 0 Å². The maximum absolute atomic E-state index is 10.2. The van der Waals surface area contributed by atoms with E-state index in [2.05, 4.69) is 13.8 Å². The Balaban J connectivity index is 2.24. The Labute approximate surface area is 105 Å². The van der Waals surface area contributed by atoms with Crippen molar-refractivity contribution in [2.24, 2.45) is 17.3 Å². The molecule has 0 amide bonds. The third-order valence-corrected chi connectivity index (χ3v) is 5.31. The van der Waals surface area contributed by atoms with Crippen LogP contribution in [-0.4, -0.2) is 21.9 Å². The van der Waals surface area contributed by atoms with Gasteiger partial charge in [0.05, 0.1) is 11.7 Å². The van der Waals surface area contributed by atoms with Crippen molar-refractivity contribution in [1.29, 1.82) is 0 Å². The van der Waals surface area contributed by atoms with Crippen molar-refractivity contribution in [3.63, 3.8) is 0 Å². The van der Waals surface area contributed by atoms with Crippen LogP contribution in [0.15, 0.2) is 11.6 Å². The van der Waals surface area contributed by atoms with Crippen molar-refractivity contribution >= 4 is 0 Å². The molecule has 0 aliphatic heterocycles. The molecule has 2 aliphatic carbocycles. The molecule has 0 bridgehead atoms. The Hall–Kier alpha value is -0.340. The first kappa shape index (κ1) is 13.1. The first-order chi connectivity index (χ1) is 7.75. The van der Waals surface area contributed by atoms with Crippen molar-refractivity contribution < 1.29 is 10.2 Å². The number of hydrogen-bond acceptors (Lipinski definition) is 2. The summed E-state index contributed by atoms with van der Waals surface area (Å²) in [5.74, 6) is 0.915. The molecular formula is C15H26O2. The van der Waals surface area contributed by atoms with Crippen molar-refractivity contribution in [1.82, 2.24) is 0 Å². The van der Waals surface area contributed by atoms with Crippen LogP contribution >= 0.6 is 0 Å². The molecule has 2 rings (SSSR count). The highest BCUT2D eigenvalue weighted by Gasteiger charge is 2.49. The van der Waals surface area contributed by atoms with Crippen molar-refractivity contribution in [3.8, 4) is 0 Å². The first-order valence-electron chi connectivity index (χ1n) is 6.85. The second kappa shape index (κ2) is 4.10. The molecule has 0 radical (unpaired) electrons. The molecule has 98 valence electrons. The van der Waals surface area contributed by atoms with Crippen molar-refractivity contribution in [2.45, 2.75) is 65.1 Å². The van der Waals surface area contributed by atoms with Crippen LogP contribution in [0.2, 0.25) is 0 Å². The van der Waals surface area contributed by atoms with E-state index in [1.165, 1.54) is 5.57 Å². The minimum absolute atomic E-state index is 0.240. The van der Waals surface area contributed by atoms with Gasteiger partial charge in [0.15, 0.2) is 0 Å². The highest BCUT2D eigenvalue weighted by molar-refractivity contribution is 5.22. The van der Waals surface area contributed by atoms with Crippen LogP contribution < -0.4 is 0 Å². The lowest BCUT2D eigenvalue weighted by Gasteiger charge is -2.42. The fourth-order valence-corrected chi connectivity index (χ4v) is 3.98. The molecule has 2 aliphatic rings. The topological polar surface area (TPSA) is 40.5 Å². The van der Waals surface area contributed by atoms with E-state index < -0.39 is 5.60 Å². The average Bonchev–Trinajstić information content (AvgIpc) is 2.59. The summed E-state index contributed by atoms with van der Waals surface area (Å²) in [6.45, 7) is 8.27. The summed E-state index contributed by atoms with van der Waals surface area (Å²) in [5.41, 5.74) is 1.01. The standard InChI is InChI=1S/C15H26O2/c1-10-7-13(16)8-11(2)15(10)6-5-12(9-15)14(3,4)17/h7,11-13,16-17H,5-6,8-9H2,1-4H3/t11-,12+,13-,15+/m0/s1. The first-order valence-corrected chi connectivity index (χ1v) is 6.85. The van der Waals surface area contributed by atoms with Crippen molar-refractivity contribution in [2.75, 3.05) is 0 Å². The average molecular weight is 238 g/mol. The number of hydrogen-bond donors (Lipinski definition) is 2. The predicted octanol–water partition coefficient (Wildman–Crippen LogP) is 2.89. The number of allylic oxidation sites excluding steroid dienone is 1. The van der Waals surface area contributed by atoms with Gasteiger partial charge < -0.3 is 10.2 Å². The van der Waals surface area contributed by atoms with Crippen LogP contribution in [0, 0.1) is 17.3 Å². The van der Waals surface area contributed by atoms with Crippen LogP contribution in [0.25, 0.3) is 0 Å². The van der Waals surface area contributed by atoms with Gasteiger partial charge in [0.1, 0.15) is 0 Å². The fraction of sp³-hybridized carbons (Fsp3) is 0.867. The van der Waals surface area contributed by atoms with Gasteiger partial charge in [-0.2, -0.15) is 0 Å². The van der Waals surface area contributed by atoms with Crippen LogP contribution in [0.3, 0.4) is 0 Å². The Morgan fingerprint density at radius 3 is 2.53 bits per heavy atom. The Morgan fingerprint density at radius 2 is 2.06 bits per heavy atom. The summed E-state index contributed by atoms with van der Waals surface area (Å²) in [7, 11) is 0. The molecule has 0 aromatic rings. The van der Waals surface area contributed by atoms with Gasteiger partial charge in [0.25, 0.3) is 0 Å². The third-order valence-electron chi connectivity index (χ3n) is 5.31. The van der Waals surface area contributed by atoms with E-state index in [4.69, 9.17) is 0 Å². The molecular weight excluding hydrogens is 212 g/mol. The van der Waals surface area contributed by atoms with Gasteiger partial charge in [-0.25, -0.2) is 0 Å². The summed E-state index contributed by atoms with van der Waals surface area (Å²) in [5, 5.41) is 20.0. The second-order valence-corrected chi connectivity index (χ2v) is 6.80. The highest BCUT2D eigenvalue weighted by atomic mass is 16.3. The van der Waals surface area contributed by atoms with Crippen LogP contribution in [-0.2, 0) is 0 Å². The summed E-state index contributed by atoms with van der Waals surface area (Å²) < 4.78 is 0. The van der Waals surface area contributed by atoms with Gasteiger partial charge in [-0.3, -0.25) is 0 Å². The largest absolute Gasteiger partial charge is 0.390 e. The summed E-state index contributed by atoms with van der Waals surface area (Å²) in [6.07, 6.45) is 5.99. The molecule has 1 saturated carbocycles. The lowest BCUT2D eigenvalue weighted by atomic mass is 9.64. The van der Waals surface area contributed by atoms with E-state index in [9.17, 15) is 10.2 Å². The van der Waals surface area contributed by atoms with E-state index >= 15 is 0 Å². The lowest BCUT2D eigenvalue weighted by molar-refractivity contribution is 0.0109. The smallest absolute Gasteiger partial charge is 0.0726 e. The molecule has 2 heteroatoms. The second-order valence-electron chi connectivity index (χ2n) is 6.80. The van der Waals surface area contributed by atoms with Gasteiger partial charge in [0, 0.05) is 0 Å². The molecule has 0 aromatic heterocycles. The minimum Gasteiger partial charge on any atom is -0.390 e. The van der Waals surface area contributed by atoms with E-state index in [1.54, 1.807) is 0 Å². The molecule has 0 unspecified atom stereocenters. The van der Waals surface area contributed by atoms with Gasteiger partial charge in [-0.1, -0.05) is 18.6 Å². The normalized spacial score (nSPS) is 42.9. The Morgan fingerprint density at radius 1 is 1.41 bits per heavy atom. The summed E-state index contributed by atoms with van der Waals surface area (Å²) in [4.78, 5) is 0. The number of aliphatic hydroxyl groups excluding tert-OH is 1. The number of rotatable bonds is 1. The quantitative estimate of drug-likeness (QED) is 0.690. The minimum atomic E-state index is -0.570. The van der Waals surface area contributed by atoms with Crippen molar-refractivity contribution in [3.05, 3.63) is 11.6 Å². The molecule has 1 fully saturated rings. The van der Waals surface area contributed by atoms with Gasteiger partial charge in [-0.05, 0) is 63.7 Å². The number of aliphatic hydroxyl groups is 2. The molecule has 2 N–H and O–H groups in total. The highest BCUT2D eigenvalue weighted by Crippen LogP contribution is 2.57. The molecule has 2 nitrogen and oxygen atoms in total. The SMILES string of the molecule is CC1=C[C@H](O)C[C@H](C)[C@@]12CC[C@@H](C(C)(C)O)C2. The summed E-state index contributed by atoms with van der Waals surface area (Å²) >= 11 is 0. The Bertz CT molecular complexity index is 326. The van der Waals surface area contributed by atoms with Crippen LogP contribution in [0.1, 0.15) is 53.4 Å². The zero-order chi connectivity index (χ0) is 12.8. The maximum atomic E-state index is 10.2. The molecule has 1 spiro atoms. The Kier molecular flexibility index (Phi) is 3.16. The molecule has 0 aromatic carbocycles. The van der Waals surface area contributed by atoms with Crippen LogP contribution in [0.4, 0.5) is 0 Å². The van der Waals surface area contributed by atoms with E-state index in [0.29, 0.717) is 11.8 Å². The zero-order valence-electron chi connectivity index (χ0n) is 11.5. The fourth-order valence-electron chi connectivity index (χ4n) is 3.98. The molecule has 0 saturated heterocycles. The van der Waals surface area contributed by atoms with Gasteiger partial charge in [0.2, 0.25) is 0 Å². The molecule has 0 heterocycles. The maximum Gasteiger partial charge on any atom is 0.0726 e. The van der Waals surface area contributed by atoms with Crippen LogP contribution in [0.5, 0.6) is 0 Å². The predicted molar refractivity (Wildman–Crippen MR) is 69.6 cm³/mol. The van der Waals surface area contributed by atoms with E-state index in [1.807, 2.05) is 19.9 Å². The van der Waals surface area contributed by atoms with Gasteiger partial charge in [-0.15, -0.1) is 0 Å².